The molecule has 5 N–H and O–H groups in total. The van der Waals surface area contributed by atoms with E-state index in [0.717, 1.165) is 56.4 Å². The normalized spacial score (nSPS) is 35.9. The first kappa shape index (κ1) is 26.2. The van der Waals surface area contributed by atoms with Crippen LogP contribution >= 0.6 is 11.8 Å². The molecule has 5 aliphatic rings. The van der Waals surface area contributed by atoms with Crippen molar-refractivity contribution in [3.63, 3.8) is 0 Å². The Balaban J connectivity index is 1.03. The van der Waals surface area contributed by atoms with Gasteiger partial charge in [-0.3, -0.25) is 14.5 Å². The lowest BCUT2D eigenvalue weighted by molar-refractivity contribution is -0.717. The van der Waals surface area contributed by atoms with Gasteiger partial charge in [0.2, 0.25) is 5.91 Å². The highest BCUT2D eigenvalue weighted by Gasteiger charge is 2.36. The predicted octanol–water partition coefficient (Wildman–Crippen LogP) is 0.912. The minimum atomic E-state index is 0.359. The van der Waals surface area contributed by atoms with Crippen LogP contribution in [-0.2, 0) is 9.63 Å². The molecule has 0 aromatic heterocycles. The van der Waals surface area contributed by atoms with Gasteiger partial charge in [0.25, 0.3) is 0 Å². The minimum Gasteiger partial charge on any atom is -0.346 e. The third-order valence-electron chi connectivity index (χ3n) is 9.45. The molecule has 0 aromatic carbocycles. The third kappa shape index (κ3) is 7.57. The van der Waals surface area contributed by atoms with Gasteiger partial charge in [-0.2, -0.15) is 17.2 Å². The number of hydroxylamine groups is 1. The Bertz CT molecular complexity index is 649. The molecule has 7 nitrogen and oxygen atoms in total. The molecule has 0 radical (unpaired) electrons. The van der Waals surface area contributed by atoms with E-state index in [1.54, 1.807) is 0 Å². The van der Waals surface area contributed by atoms with Gasteiger partial charge in [0.15, 0.2) is 0 Å². The molecule has 0 aromatic rings. The van der Waals surface area contributed by atoms with Crippen LogP contribution in [0.2, 0.25) is 0 Å². The number of piperidine rings is 2. The van der Waals surface area contributed by atoms with E-state index in [4.69, 9.17) is 4.84 Å². The number of nitrogens with one attached hydrogen (secondary N) is 1. The van der Waals surface area contributed by atoms with Crippen LogP contribution in [0.3, 0.4) is 0 Å². The van der Waals surface area contributed by atoms with E-state index in [-0.39, 0.29) is 0 Å². The van der Waals surface area contributed by atoms with Crippen molar-refractivity contribution in [2.24, 2.45) is 11.8 Å². The zero-order chi connectivity index (χ0) is 23.9. The first-order valence-electron chi connectivity index (χ1n) is 14.9. The van der Waals surface area contributed by atoms with Crippen molar-refractivity contribution in [2.75, 3.05) is 51.6 Å². The van der Waals surface area contributed by atoms with E-state index >= 15 is 0 Å². The highest BCUT2D eigenvalue weighted by Crippen LogP contribution is 2.32. The van der Waals surface area contributed by atoms with E-state index in [2.05, 4.69) is 37.7 Å². The Morgan fingerprint density at radius 3 is 2.57 bits per heavy atom. The highest BCUT2D eigenvalue weighted by molar-refractivity contribution is 7.99. The summed E-state index contributed by atoms with van der Waals surface area (Å²) in [5.74, 6) is 2.70. The van der Waals surface area contributed by atoms with Crippen LogP contribution in [0.1, 0.15) is 77.0 Å². The number of piperazine rings is 1. The van der Waals surface area contributed by atoms with E-state index in [9.17, 15) is 4.79 Å². The largest absolute Gasteiger partial charge is 0.346 e. The van der Waals surface area contributed by atoms with Crippen molar-refractivity contribution >= 4 is 17.7 Å². The van der Waals surface area contributed by atoms with E-state index in [1.165, 1.54) is 77.4 Å². The molecule has 5 atom stereocenters. The van der Waals surface area contributed by atoms with Crippen LogP contribution in [0.25, 0.3) is 0 Å². The summed E-state index contributed by atoms with van der Waals surface area (Å²) in [7, 11) is 0. The standard InChI is InChI=1S/C27H49N5O2S/c33-27(32-14-12-31(13-15-32)26-8-4-5-10-29-26)17-21-9-11-28-19-22(21)16-23-18-24(34-30-23)20-35-25-6-2-1-3-7-25/h21-26,28-30H,1-20H2/p+2/t21-,22+,23?,24?,26?/m0/s1. The Hall–Kier alpha value is -0.380. The Kier molecular flexibility index (Phi) is 10.1. The number of hydrogen-bond donors (Lipinski definition) is 3. The first-order valence-corrected chi connectivity index (χ1v) is 16.0. The molecular formula is C27H51N5O2S+2. The summed E-state index contributed by atoms with van der Waals surface area (Å²) in [5, 5.41) is 5.85. The minimum absolute atomic E-state index is 0.359. The summed E-state index contributed by atoms with van der Waals surface area (Å²) < 4.78 is 0. The number of carbonyl (C=O) groups is 1. The molecule has 1 amide bonds. The molecule has 0 spiro atoms. The predicted molar refractivity (Wildman–Crippen MR) is 141 cm³/mol. The summed E-state index contributed by atoms with van der Waals surface area (Å²) in [6.45, 7) is 7.57. The summed E-state index contributed by atoms with van der Waals surface area (Å²) >= 11 is 2.15. The molecule has 5 fully saturated rings. The lowest BCUT2D eigenvalue weighted by Gasteiger charge is -2.40. The number of amides is 1. The fourth-order valence-electron chi connectivity index (χ4n) is 7.26. The topological polar surface area (TPSA) is 78.0 Å². The second-order valence-electron chi connectivity index (χ2n) is 11.9. The molecule has 3 unspecified atom stereocenters. The van der Waals surface area contributed by atoms with Crippen molar-refractivity contribution in [1.82, 2.24) is 15.3 Å². The van der Waals surface area contributed by atoms with E-state index < -0.39 is 0 Å². The van der Waals surface area contributed by atoms with Crippen LogP contribution in [0, 0.1) is 11.8 Å². The maximum atomic E-state index is 13.3. The highest BCUT2D eigenvalue weighted by atomic mass is 32.2. The maximum Gasteiger partial charge on any atom is 0.222 e. The zero-order valence-electron chi connectivity index (χ0n) is 21.9. The molecule has 35 heavy (non-hydrogen) atoms. The second-order valence-corrected chi connectivity index (χ2v) is 13.3. The summed E-state index contributed by atoms with van der Waals surface area (Å²) in [4.78, 5) is 24.1. The Labute approximate surface area is 217 Å². The number of carbonyl (C=O) groups excluding carboxylic acids is 1. The van der Waals surface area contributed by atoms with Crippen LogP contribution in [-0.4, -0.2) is 90.8 Å². The molecule has 1 saturated carbocycles. The molecule has 1 aliphatic carbocycles. The SMILES string of the molecule is O=C(C[C@@H]1CC[NH2+]C[C@H]1CC1CC(CSC2CCCCC2)ON1)N1CCN(C2CCCC[NH2+]2)CC1. The number of quaternary nitrogens is 2. The third-order valence-corrected chi connectivity index (χ3v) is 11.0. The molecule has 4 saturated heterocycles. The molecule has 8 heteroatoms. The fourth-order valence-corrected chi connectivity index (χ4v) is 8.61. The number of thioether (sulfide) groups is 1. The monoisotopic (exact) mass is 509 g/mol. The van der Waals surface area contributed by atoms with Crippen molar-refractivity contribution in [3.05, 3.63) is 0 Å². The number of hydrogen-bond acceptors (Lipinski definition) is 5. The molecule has 5 rings (SSSR count). The maximum absolute atomic E-state index is 13.3. The second kappa shape index (κ2) is 13.4. The quantitative estimate of drug-likeness (QED) is 0.454. The summed E-state index contributed by atoms with van der Waals surface area (Å²) in [6, 6.07) is 0.455. The fraction of sp³-hybridized carbons (Fsp3) is 0.963. The van der Waals surface area contributed by atoms with Crippen LogP contribution in [0.15, 0.2) is 0 Å². The molecule has 200 valence electrons. The van der Waals surface area contributed by atoms with Gasteiger partial charge in [-0.05, 0) is 44.4 Å². The van der Waals surface area contributed by atoms with Gasteiger partial charge in [0.05, 0.1) is 25.7 Å². The van der Waals surface area contributed by atoms with Crippen molar-refractivity contribution in [3.8, 4) is 0 Å². The number of nitrogens with zero attached hydrogens (tertiary/aromatic N) is 2. The van der Waals surface area contributed by atoms with Gasteiger partial charge in [-0.15, -0.1) is 0 Å². The van der Waals surface area contributed by atoms with Crippen molar-refractivity contribution in [2.45, 2.75) is 101 Å². The Morgan fingerprint density at radius 1 is 0.943 bits per heavy atom. The van der Waals surface area contributed by atoms with Gasteiger partial charge in [-0.1, -0.05) is 19.3 Å². The summed E-state index contributed by atoms with van der Waals surface area (Å²) in [5.41, 5.74) is 3.38. The van der Waals surface area contributed by atoms with Crippen LogP contribution in [0.4, 0.5) is 0 Å². The molecule has 0 bridgehead atoms. The lowest BCUT2D eigenvalue weighted by atomic mass is 9.79. The number of nitrogens with two attached hydrogens (primary N) is 2. The van der Waals surface area contributed by atoms with E-state index in [1.807, 2.05) is 0 Å². The van der Waals surface area contributed by atoms with Gasteiger partial charge in [0, 0.05) is 68.4 Å². The van der Waals surface area contributed by atoms with Crippen LogP contribution in [0.5, 0.6) is 0 Å². The van der Waals surface area contributed by atoms with Gasteiger partial charge in [-0.25, -0.2) is 0 Å². The molecule has 4 heterocycles. The van der Waals surface area contributed by atoms with Gasteiger partial charge in [0.1, 0.15) is 6.17 Å². The van der Waals surface area contributed by atoms with E-state index in [0.29, 0.717) is 36.1 Å². The lowest BCUT2D eigenvalue weighted by Crippen LogP contribution is -2.95. The van der Waals surface area contributed by atoms with Crippen LogP contribution < -0.4 is 16.1 Å². The van der Waals surface area contributed by atoms with Gasteiger partial charge >= 0.3 is 0 Å². The summed E-state index contributed by atoms with van der Waals surface area (Å²) in [6.07, 6.45) is 16.3. The van der Waals surface area contributed by atoms with Gasteiger partial charge < -0.3 is 15.5 Å². The Morgan fingerprint density at radius 2 is 1.77 bits per heavy atom. The molecular weight excluding hydrogens is 458 g/mol. The number of rotatable bonds is 8. The van der Waals surface area contributed by atoms with Crippen molar-refractivity contribution < 1.29 is 20.3 Å². The smallest absolute Gasteiger partial charge is 0.222 e. The van der Waals surface area contributed by atoms with Crippen molar-refractivity contribution in [1.29, 1.82) is 0 Å². The average Bonchev–Trinajstić information content (AvgIpc) is 3.37. The zero-order valence-corrected chi connectivity index (χ0v) is 22.7. The first-order chi connectivity index (χ1) is 17.2. The molecule has 4 aliphatic heterocycles. The average molecular weight is 510 g/mol.